The Balaban J connectivity index is 2.13. The smallest absolute Gasteiger partial charge is 0.316 e. The molecule has 0 bridgehead atoms. The molecule has 0 saturated heterocycles. The molecule has 3 heteroatoms. The van der Waals surface area contributed by atoms with Gasteiger partial charge in [-0.3, -0.25) is 9.59 Å². The number of fused-ring (bicyclic) bond motifs is 1. The third kappa shape index (κ3) is 1.87. The van der Waals surface area contributed by atoms with Gasteiger partial charge in [0.2, 0.25) is 0 Å². The molecular weight excluding hydrogens is 204 g/mol. The lowest BCUT2D eigenvalue weighted by molar-refractivity contribution is -0.152. The minimum absolute atomic E-state index is 0.101. The highest BCUT2D eigenvalue weighted by molar-refractivity contribution is 6.01. The molecule has 2 rings (SSSR count). The van der Waals surface area contributed by atoms with E-state index in [0.29, 0.717) is 18.9 Å². The Labute approximate surface area is 96.5 Å². The van der Waals surface area contributed by atoms with Gasteiger partial charge in [-0.25, -0.2) is 0 Å². The third-order valence-corrected chi connectivity index (χ3v) is 3.99. The Bertz CT molecular complexity index is 319. The van der Waals surface area contributed by atoms with Gasteiger partial charge in [0.1, 0.15) is 11.7 Å². The first kappa shape index (κ1) is 11.6. The van der Waals surface area contributed by atoms with Crippen molar-refractivity contribution in [1.82, 2.24) is 0 Å². The van der Waals surface area contributed by atoms with Crippen LogP contribution in [-0.2, 0) is 14.3 Å². The van der Waals surface area contributed by atoms with Crippen molar-refractivity contribution in [3.05, 3.63) is 0 Å². The second-order valence-electron chi connectivity index (χ2n) is 5.90. The van der Waals surface area contributed by atoms with Gasteiger partial charge in [0, 0.05) is 6.42 Å². The minimum atomic E-state index is -0.466. The van der Waals surface area contributed by atoms with Crippen molar-refractivity contribution in [1.29, 1.82) is 0 Å². The normalized spacial score (nSPS) is 36.2. The lowest BCUT2D eigenvalue weighted by Gasteiger charge is -2.20. The highest BCUT2D eigenvalue weighted by Gasteiger charge is 2.53. The van der Waals surface area contributed by atoms with Crippen LogP contribution in [-0.4, -0.2) is 18.4 Å². The number of rotatable bonds is 2. The summed E-state index contributed by atoms with van der Waals surface area (Å²) in [5.74, 6) is -0.00756. The van der Waals surface area contributed by atoms with E-state index in [2.05, 4.69) is 13.8 Å². The molecule has 0 aromatic carbocycles. The van der Waals surface area contributed by atoms with E-state index in [9.17, 15) is 9.59 Å². The summed E-state index contributed by atoms with van der Waals surface area (Å²) in [6, 6.07) is 0. The molecule has 0 heterocycles. The molecule has 2 saturated carbocycles. The molecule has 90 valence electrons. The Hall–Kier alpha value is -0.860. The zero-order valence-electron chi connectivity index (χ0n) is 10.3. The van der Waals surface area contributed by atoms with Crippen LogP contribution < -0.4 is 0 Å². The largest absolute Gasteiger partial charge is 0.465 e. The van der Waals surface area contributed by atoms with E-state index in [1.165, 1.54) is 0 Å². The lowest BCUT2D eigenvalue weighted by Crippen LogP contribution is -2.28. The van der Waals surface area contributed by atoms with E-state index < -0.39 is 5.92 Å². The predicted octanol–water partition coefficient (Wildman–Crippen LogP) is 2.19. The number of carbonyl (C=O) groups is 2. The summed E-state index contributed by atoms with van der Waals surface area (Å²) in [5, 5.41) is 0. The van der Waals surface area contributed by atoms with Gasteiger partial charge in [-0.2, -0.15) is 0 Å². The Morgan fingerprint density at radius 1 is 1.44 bits per heavy atom. The summed E-state index contributed by atoms with van der Waals surface area (Å²) < 4.78 is 5.01. The second kappa shape index (κ2) is 3.86. The summed E-state index contributed by atoms with van der Waals surface area (Å²) >= 11 is 0. The molecule has 0 spiro atoms. The molecule has 0 radical (unpaired) electrons. The van der Waals surface area contributed by atoms with Crippen molar-refractivity contribution < 1.29 is 14.3 Å². The molecule has 16 heavy (non-hydrogen) atoms. The fraction of sp³-hybridized carbons (Fsp3) is 0.846. The van der Waals surface area contributed by atoms with E-state index in [1.54, 1.807) is 6.92 Å². The van der Waals surface area contributed by atoms with Crippen molar-refractivity contribution >= 4 is 11.8 Å². The van der Waals surface area contributed by atoms with Crippen molar-refractivity contribution in [2.24, 2.45) is 23.2 Å². The number of esters is 1. The van der Waals surface area contributed by atoms with E-state index in [4.69, 9.17) is 4.74 Å². The second-order valence-corrected chi connectivity index (χ2v) is 5.90. The molecule has 2 aliphatic carbocycles. The van der Waals surface area contributed by atoms with Gasteiger partial charge in [-0.15, -0.1) is 0 Å². The van der Waals surface area contributed by atoms with Crippen LogP contribution in [0, 0.1) is 23.2 Å². The maximum absolute atomic E-state index is 11.8. The van der Waals surface area contributed by atoms with Crippen molar-refractivity contribution in [2.45, 2.75) is 40.0 Å². The lowest BCUT2D eigenvalue weighted by atomic mass is 9.85. The average Bonchev–Trinajstić information content (AvgIpc) is 2.55. The number of carbonyl (C=O) groups excluding carboxylic acids is 2. The highest BCUT2D eigenvalue weighted by atomic mass is 16.5. The summed E-state index contributed by atoms with van der Waals surface area (Å²) in [7, 11) is 0. The number of hydrogen-bond acceptors (Lipinski definition) is 3. The average molecular weight is 224 g/mol. The maximum atomic E-state index is 11.8. The molecule has 0 aliphatic heterocycles. The van der Waals surface area contributed by atoms with Gasteiger partial charge >= 0.3 is 5.97 Å². The molecule has 3 unspecified atom stereocenters. The summed E-state index contributed by atoms with van der Waals surface area (Å²) in [6.45, 7) is 6.59. The van der Waals surface area contributed by atoms with Gasteiger partial charge in [-0.1, -0.05) is 13.8 Å². The first-order valence-electron chi connectivity index (χ1n) is 6.14. The van der Waals surface area contributed by atoms with Gasteiger partial charge in [0.05, 0.1) is 6.61 Å². The van der Waals surface area contributed by atoms with Crippen LogP contribution in [0.25, 0.3) is 0 Å². The molecule has 3 atom stereocenters. The first-order chi connectivity index (χ1) is 7.44. The molecule has 2 fully saturated rings. The zero-order chi connectivity index (χ0) is 11.9. The fourth-order valence-electron chi connectivity index (χ4n) is 3.53. The van der Waals surface area contributed by atoms with Crippen LogP contribution in [0.2, 0.25) is 0 Å². The van der Waals surface area contributed by atoms with E-state index >= 15 is 0 Å². The van der Waals surface area contributed by atoms with Crippen molar-refractivity contribution in [3.8, 4) is 0 Å². The Kier molecular flexibility index (Phi) is 2.81. The summed E-state index contributed by atoms with van der Waals surface area (Å²) in [5.41, 5.74) is 0.279. The number of ketones is 1. The van der Waals surface area contributed by atoms with Gasteiger partial charge in [0.15, 0.2) is 0 Å². The molecule has 0 aromatic rings. The number of ether oxygens (including phenoxy) is 1. The third-order valence-electron chi connectivity index (χ3n) is 3.99. The Morgan fingerprint density at radius 2 is 2.12 bits per heavy atom. The van der Waals surface area contributed by atoms with Crippen LogP contribution in [0.5, 0.6) is 0 Å². The number of hydrogen-bond donors (Lipinski definition) is 0. The van der Waals surface area contributed by atoms with Crippen LogP contribution >= 0.6 is 0 Å². The maximum Gasteiger partial charge on any atom is 0.316 e. The molecular formula is C13H20O3. The quantitative estimate of drug-likeness (QED) is 0.533. The molecule has 0 amide bonds. The monoisotopic (exact) mass is 224 g/mol. The van der Waals surface area contributed by atoms with Crippen LogP contribution in [0.3, 0.4) is 0 Å². The van der Waals surface area contributed by atoms with Gasteiger partial charge < -0.3 is 4.74 Å². The van der Waals surface area contributed by atoms with Crippen molar-refractivity contribution in [3.63, 3.8) is 0 Å². The van der Waals surface area contributed by atoms with Gasteiger partial charge in [0.25, 0.3) is 0 Å². The van der Waals surface area contributed by atoms with Crippen LogP contribution in [0.1, 0.15) is 40.0 Å². The summed E-state index contributed by atoms with van der Waals surface area (Å²) in [6.07, 6.45) is 2.63. The standard InChI is InChI=1S/C13H20O3/c1-4-16-12(15)11-9-7-13(2,3)6-8(9)5-10(11)14/h8-9,11H,4-7H2,1-3H3. The topological polar surface area (TPSA) is 43.4 Å². The SMILES string of the molecule is CCOC(=O)C1C(=O)CC2CC(C)(C)CC21. The highest BCUT2D eigenvalue weighted by Crippen LogP contribution is 2.53. The first-order valence-corrected chi connectivity index (χ1v) is 6.14. The predicted molar refractivity (Wildman–Crippen MR) is 59.7 cm³/mol. The molecule has 3 nitrogen and oxygen atoms in total. The zero-order valence-corrected chi connectivity index (χ0v) is 10.3. The van der Waals surface area contributed by atoms with E-state index in [1.807, 2.05) is 0 Å². The van der Waals surface area contributed by atoms with E-state index in [-0.39, 0.29) is 23.1 Å². The van der Waals surface area contributed by atoms with E-state index in [0.717, 1.165) is 12.8 Å². The fourth-order valence-corrected chi connectivity index (χ4v) is 3.53. The van der Waals surface area contributed by atoms with Crippen molar-refractivity contribution in [2.75, 3.05) is 6.61 Å². The summed E-state index contributed by atoms with van der Waals surface area (Å²) in [4.78, 5) is 23.6. The van der Waals surface area contributed by atoms with Gasteiger partial charge in [-0.05, 0) is 37.0 Å². The minimum Gasteiger partial charge on any atom is -0.465 e. The molecule has 0 aromatic heterocycles. The molecule has 2 aliphatic rings. The number of Topliss-reactive ketones (excluding diaryl/α,β-unsaturated/α-hetero) is 1. The van der Waals surface area contributed by atoms with Crippen LogP contribution in [0.4, 0.5) is 0 Å². The molecule has 0 N–H and O–H groups in total. The Morgan fingerprint density at radius 3 is 2.75 bits per heavy atom. The van der Waals surface area contributed by atoms with Crippen LogP contribution in [0.15, 0.2) is 0 Å².